The van der Waals surface area contributed by atoms with E-state index in [4.69, 9.17) is 0 Å². The summed E-state index contributed by atoms with van der Waals surface area (Å²) in [6.45, 7) is 9.22. The highest BCUT2D eigenvalue weighted by Gasteiger charge is 2.41. The van der Waals surface area contributed by atoms with Crippen molar-refractivity contribution >= 4 is 5.91 Å². The molecule has 2 heterocycles. The Hall–Kier alpha value is -0.570. The molecule has 0 aromatic rings. The lowest BCUT2D eigenvalue weighted by molar-refractivity contribution is -0.139. The average molecular weight is 196 g/mol. The Morgan fingerprint density at radius 3 is 2.79 bits per heavy atom. The summed E-state index contributed by atoms with van der Waals surface area (Å²) in [6, 6.07) is 0.631. The molecule has 1 unspecified atom stereocenters. The van der Waals surface area contributed by atoms with Gasteiger partial charge in [0.15, 0.2) is 0 Å². The topological polar surface area (TPSA) is 23.6 Å². The van der Waals surface area contributed by atoms with Crippen molar-refractivity contribution < 1.29 is 4.79 Å². The number of hydrogen-bond donors (Lipinski definition) is 0. The third-order valence-electron chi connectivity index (χ3n) is 3.59. The summed E-state index contributed by atoms with van der Waals surface area (Å²) in [6.07, 6.45) is 2.56. The van der Waals surface area contributed by atoms with Crippen molar-refractivity contribution in [2.45, 2.75) is 45.2 Å². The zero-order valence-electron chi connectivity index (χ0n) is 9.42. The molecule has 0 N–H and O–H groups in total. The molecule has 2 aliphatic rings. The molecule has 80 valence electrons. The van der Waals surface area contributed by atoms with Gasteiger partial charge >= 0.3 is 0 Å². The Morgan fingerprint density at radius 1 is 1.43 bits per heavy atom. The molecule has 0 spiro atoms. The van der Waals surface area contributed by atoms with E-state index < -0.39 is 0 Å². The van der Waals surface area contributed by atoms with Crippen LogP contribution < -0.4 is 0 Å². The highest BCUT2D eigenvalue weighted by atomic mass is 16.2. The van der Waals surface area contributed by atoms with Gasteiger partial charge in [-0.25, -0.2) is 0 Å². The number of amides is 1. The van der Waals surface area contributed by atoms with Crippen LogP contribution in [0.1, 0.15) is 33.6 Å². The number of piperazine rings is 1. The summed E-state index contributed by atoms with van der Waals surface area (Å²) >= 11 is 0. The Bertz CT molecular complexity index is 250. The van der Waals surface area contributed by atoms with E-state index in [-0.39, 0.29) is 11.4 Å². The van der Waals surface area contributed by atoms with E-state index in [1.807, 2.05) is 4.90 Å². The Kier molecular flexibility index (Phi) is 2.30. The molecule has 3 heteroatoms. The SMILES string of the molecule is CC(=O)N1CC2CCCN2CC1(C)C. The first-order chi connectivity index (χ1) is 6.50. The first-order valence-corrected chi connectivity index (χ1v) is 5.53. The third-order valence-corrected chi connectivity index (χ3v) is 3.59. The minimum atomic E-state index is 0.0205. The van der Waals surface area contributed by atoms with Gasteiger partial charge < -0.3 is 4.90 Å². The summed E-state index contributed by atoms with van der Waals surface area (Å²) in [5.74, 6) is 0.224. The lowest BCUT2D eigenvalue weighted by atomic mass is 9.96. The third kappa shape index (κ3) is 1.54. The van der Waals surface area contributed by atoms with Crippen molar-refractivity contribution in [3.8, 4) is 0 Å². The molecular formula is C11H20N2O. The summed E-state index contributed by atoms with van der Waals surface area (Å²) in [4.78, 5) is 16.1. The summed E-state index contributed by atoms with van der Waals surface area (Å²) in [5, 5.41) is 0. The number of carbonyl (C=O) groups excluding carboxylic acids is 1. The lowest BCUT2D eigenvalue weighted by Gasteiger charge is -2.48. The van der Waals surface area contributed by atoms with Crippen molar-refractivity contribution in [1.29, 1.82) is 0 Å². The molecule has 0 aromatic carbocycles. The van der Waals surface area contributed by atoms with Gasteiger partial charge in [-0.15, -0.1) is 0 Å². The van der Waals surface area contributed by atoms with Crippen molar-refractivity contribution in [3.05, 3.63) is 0 Å². The molecule has 1 atom stereocenters. The van der Waals surface area contributed by atoms with Gasteiger partial charge in [-0.2, -0.15) is 0 Å². The number of fused-ring (bicyclic) bond motifs is 1. The normalized spacial score (nSPS) is 31.6. The van der Waals surface area contributed by atoms with Crippen LogP contribution in [-0.4, -0.2) is 46.9 Å². The molecule has 2 aliphatic heterocycles. The highest BCUT2D eigenvalue weighted by Crippen LogP contribution is 2.30. The van der Waals surface area contributed by atoms with Crippen molar-refractivity contribution in [2.75, 3.05) is 19.6 Å². The fourth-order valence-corrected chi connectivity index (χ4v) is 2.91. The van der Waals surface area contributed by atoms with Crippen LogP contribution >= 0.6 is 0 Å². The van der Waals surface area contributed by atoms with Crippen molar-refractivity contribution in [3.63, 3.8) is 0 Å². The lowest BCUT2D eigenvalue weighted by Crippen LogP contribution is -2.62. The summed E-state index contributed by atoms with van der Waals surface area (Å²) in [7, 11) is 0. The number of nitrogens with zero attached hydrogens (tertiary/aromatic N) is 2. The van der Waals surface area contributed by atoms with Gasteiger partial charge in [0.2, 0.25) is 5.91 Å². The van der Waals surface area contributed by atoms with Crippen LogP contribution in [0.2, 0.25) is 0 Å². The van der Waals surface area contributed by atoms with E-state index in [1.165, 1.54) is 19.4 Å². The second kappa shape index (κ2) is 3.23. The van der Waals surface area contributed by atoms with Crippen LogP contribution in [0.4, 0.5) is 0 Å². The molecule has 14 heavy (non-hydrogen) atoms. The van der Waals surface area contributed by atoms with Crippen molar-refractivity contribution in [1.82, 2.24) is 9.80 Å². The minimum absolute atomic E-state index is 0.0205. The zero-order chi connectivity index (χ0) is 10.3. The minimum Gasteiger partial charge on any atom is -0.335 e. The molecule has 0 bridgehead atoms. The maximum absolute atomic E-state index is 11.5. The maximum Gasteiger partial charge on any atom is 0.219 e. The second-order valence-electron chi connectivity index (χ2n) is 5.21. The summed E-state index contributed by atoms with van der Waals surface area (Å²) in [5.41, 5.74) is 0.0205. The van der Waals surface area contributed by atoms with Crippen LogP contribution in [0.25, 0.3) is 0 Å². The van der Waals surface area contributed by atoms with Crippen LogP contribution in [-0.2, 0) is 4.79 Å². The molecule has 2 saturated heterocycles. The fraction of sp³-hybridized carbons (Fsp3) is 0.909. The van der Waals surface area contributed by atoms with Crippen LogP contribution in [0.5, 0.6) is 0 Å². The quantitative estimate of drug-likeness (QED) is 0.579. The van der Waals surface area contributed by atoms with E-state index >= 15 is 0 Å². The smallest absolute Gasteiger partial charge is 0.219 e. The first-order valence-electron chi connectivity index (χ1n) is 5.53. The van der Waals surface area contributed by atoms with E-state index in [1.54, 1.807) is 6.92 Å². The molecular weight excluding hydrogens is 176 g/mol. The van der Waals surface area contributed by atoms with Crippen LogP contribution in [0.15, 0.2) is 0 Å². The Labute approximate surface area is 86.1 Å². The summed E-state index contributed by atoms with van der Waals surface area (Å²) < 4.78 is 0. The maximum atomic E-state index is 11.5. The number of carbonyl (C=O) groups is 1. The van der Waals surface area contributed by atoms with Crippen LogP contribution in [0.3, 0.4) is 0 Å². The molecule has 0 aliphatic carbocycles. The van der Waals surface area contributed by atoms with Gasteiger partial charge in [-0.05, 0) is 33.2 Å². The predicted molar refractivity (Wildman–Crippen MR) is 56.1 cm³/mol. The zero-order valence-corrected chi connectivity index (χ0v) is 9.42. The van der Waals surface area contributed by atoms with Gasteiger partial charge in [-0.1, -0.05) is 0 Å². The van der Waals surface area contributed by atoms with Crippen molar-refractivity contribution in [2.24, 2.45) is 0 Å². The molecule has 3 nitrogen and oxygen atoms in total. The highest BCUT2D eigenvalue weighted by molar-refractivity contribution is 5.74. The molecule has 0 aromatic heterocycles. The number of hydrogen-bond acceptors (Lipinski definition) is 2. The first kappa shape index (κ1) is 9.97. The standard InChI is InChI=1S/C11H20N2O/c1-9(14)13-7-10-5-4-6-12(10)8-11(13,2)3/h10H,4-8H2,1-3H3. The Morgan fingerprint density at radius 2 is 2.14 bits per heavy atom. The molecule has 2 rings (SSSR count). The van der Waals surface area contributed by atoms with E-state index in [2.05, 4.69) is 18.7 Å². The second-order valence-corrected chi connectivity index (χ2v) is 5.21. The molecule has 1 amide bonds. The predicted octanol–water partition coefficient (Wildman–Crippen LogP) is 1.09. The fourth-order valence-electron chi connectivity index (χ4n) is 2.91. The average Bonchev–Trinajstić information content (AvgIpc) is 2.46. The molecule has 2 fully saturated rings. The van der Waals surface area contributed by atoms with E-state index in [0.717, 1.165) is 13.1 Å². The van der Waals surface area contributed by atoms with Crippen LogP contribution in [0, 0.1) is 0 Å². The van der Waals surface area contributed by atoms with Gasteiger partial charge in [0.1, 0.15) is 0 Å². The van der Waals surface area contributed by atoms with Gasteiger partial charge in [0.05, 0.1) is 0 Å². The molecule has 0 saturated carbocycles. The largest absolute Gasteiger partial charge is 0.335 e. The number of rotatable bonds is 0. The monoisotopic (exact) mass is 196 g/mol. The van der Waals surface area contributed by atoms with Gasteiger partial charge in [0.25, 0.3) is 0 Å². The van der Waals surface area contributed by atoms with E-state index in [9.17, 15) is 4.79 Å². The Balaban J connectivity index is 2.15. The molecule has 0 radical (unpaired) electrons. The van der Waals surface area contributed by atoms with Gasteiger partial charge in [-0.3, -0.25) is 9.69 Å². The van der Waals surface area contributed by atoms with Gasteiger partial charge in [0, 0.05) is 31.6 Å². The van der Waals surface area contributed by atoms with E-state index in [0.29, 0.717) is 6.04 Å².